The van der Waals surface area contributed by atoms with Crippen LogP contribution in [0.1, 0.15) is 5.69 Å². The van der Waals surface area contributed by atoms with Gasteiger partial charge in [-0.1, -0.05) is 12.1 Å². The summed E-state index contributed by atoms with van der Waals surface area (Å²) in [5.41, 5.74) is -0.474. The first-order valence-corrected chi connectivity index (χ1v) is 6.71. The van der Waals surface area contributed by atoms with Gasteiger partial charge >= 0.3 is 11.2 Å². The molecule has 8 heteroatoms. The Hall–Kier alpha value is -3.16. The molecule has 0 spiro atoms. The largest absolute Gasteiger partial charge is 0.495 e. The predicted octanol–water partition coefficient (Wildman–Crippen LogP) is 1.71. The molecule has 0 aliphatic heterocycles. The Morgan fingerprint density at radius 3 is 2.65 bits per heavy atom. The first-order valence-electron chi connectivity index (χ1n) is 6.71. The van der Waals surface area contributed by atoms with Crippen molar-refractivity contribution in [3.8, 4) is 5.75 Å². The number of aryl methyl sites for hydroxylation is 1. The first-order chi connectivity index (χ1) is 10.9. The molecule has 0 saturated heterocycles. The number of nitrogens with zero attached hydrogens (tertiary/aromatic N) is 2. The summed E-state index contributed by atoms with van der Waals surface area (Å²) in [6.45, 7) is 1.27. The molecule has 2 rings (SSSR count). The molecule has 1 heterocycles. The van der Waals surface area contributed by atoms with Gasteiger partial charge in [0.1, 0.15) is 12.3 Å². The lowest BCUT2D eigenvalue weighted by atomic mass is 10.3. The van der Waals surface area contributed by atoms with Crippen LogP contribution in [-0.4, -0.2) is 22.5 Å². The Kier molecular flexibility index (Phi) is 4.75. The van der Waals surface area contributed by atoms with Gasteiger partial charge in [0.05, 0.1) is 17.7 Å². The molecule has 0 radical (unpaired) electrons. The molecule has 1 aromatic carbocycles. The van der Waals surface area contributed by atoms with Crippen LogP contribution in [-0.2, 0) is 11.3 Å². The summed E-state index contributed by atoms with van der Waals surface area (Å²) in [5.74, 6) is -0.0100. The van der Waals surface area contributed by atoms with Crippen LogP contribution in [0.5, 0.6) is 5.75 Å². The van der Waals surface area contributed by atoms with Gasteiger partial charge in [0.15, 0.2) is 0 Å². The van der Waals surface area contributed by atoms with E-state index >= 15 is 0 Å². The Labute approximate surface area is 131 Å². The van der Waals surface area contributed by atoms with Crippen molar-refractivity contribution in [2.24, 2.45) is 0 Å². The summed E-state index contributed by atoms with van der Waals surface area (Å²) in [6.07, 6.45) is 0. The number of hydrogen-bond donors (Lipinski definition) is 1. The van der Waals surface area contributed by atoms with E-state index in [0.717, 1.165) is 10.6 Å². The fraction of sp³-hybridized carbons (Fsp3) is 0.200. The number of pyridine rings is 1. The van der Waals surface area contributed by atoms with Crippen molar-refractivity contribution in [2.75, 3.05) is 12.4 Å². The summed E-state index contributed by atoms with van der Waals surface area (Å²) in [6, 6.07) is 9.37. The molecule has 0 atom stereocenters. The third-order valence-electron chi connectivity index (χ3n) is 3.25. The third kappa shape index (κ3) is 3.54. The molecule has 0 unspecified atom stereocenters. The number of ether oxygens (including phenoxy) is 1. The minimum atomic E-state index is -0.815. The normalized spacial score (nSPS) is 10.2. The zero-order chi connectivity index (χ0) is 17.0. The van der Waals surface area contributed by atoms with Gasteiger partial charge in [-0.2, -0.15) is 0 Å². The molecule has 0 aliphatic rings. The summed E-state index contributed by atoms with van der Waals surface area (Å²) < 4.78 is 6.18. The van der Waals surface area contributed by atoms with E-state index in [0.29, 0.717) is 17.1 Å². The average Bonchev–Trinajstić information content (AvgIpc) is 2.51. The summed E-state index contributed by atoms with van der Waals surface area (Å²) in [4.78, 5) is 34.3. The topological polar surface area (TPSA) is 103 Å². The molecule has 1 amide bonds. The Bertz CT molecular complexity index is 813. The zero-order valence-corrected chi connectivity index (χ0v) is 12.6. The quantitative estimate of drug-likeness (QED) is 0.668. The van der Waals surface area contributed by atoms with Crippen LogP contribution in [0.2, 0.25) is 0 Å². The number of amides is 1. The summed E-state index contributed by atoms with van der Waals surface area (Å²) in [5, 5.41) is 13.4. The average molecular weight is 317 g/mol. The van der Waals surface area contributed by atoms with Gasteiger partial charge in [0.25, 0.3) is 0 Å². The van der Waals surface area contributed by atoms with Gasteiger partial charge in [-0.3, -0.25) is 24.3 Å². The van der Waals surface area contributed by atoms with E-state index in [-0.39, 0.29) is 6.54 Å². The molecule has 8 nitrogen and oxygen atoms in total. The minimum absolute atomic E-state index is 0.329. The summed E-state index contributed by atoms with van der Waals surface area (Å²) in [7, 11) is 1.47. The van der Waals surface area contributed by atoms with Gasteiger partial charge in [-0.25, -0.2) is 0 Å². The highest BCUT2D eigenvalue weighted by Gasteiger charge is 2.17. The first kappa shape index (κ1) is 16.2. The van der Waals surface area contributed by atoms with Crippen molar-refractivity contribution in [3.05, 3.63) is 62.6 Å². The zero-order valence-electron chi connectivity index (χ0n) is 12.6. The van der Waals surface area contributed by atoms with E-state index in [4.69, 9.17) is 4.74 Å². The van der Waals surface area contributed by atoms with E-state index in [1.165, 1.54) is 13.2 Å². The van der Waals surface area contributed by atoms with Crippen molar-refractivity contribution in [1.82, 2.24) is 4.57 Å². The van der Waals surface area contributed by atoms with Gasteiger partial charge in [-0.15, -0.1) is 0 Å². The van der Waals surface area contributed by atoms with Crippen molar-refractivity contribution in [1.29, 1.82) is 0 Å². The molecule has 1 N–H and O–H groups in total. The lowest BCUT2D eigenvalue weighted by Gasteiger charge is -2.12. The van der Waals surface area contributed by atoms with E-state index in [1.54, 1.807) is 31.2 Å². The maximum atomic E-state index is 12.1. The molecule has 120 valence electrons. The molecular weight excluding hydrogens is 302 g/mol. The van der Waals surface area contributed by atoms with Crippen molar-refractivity contribution in [2.45, 2.75) is 13.5 Å². The van der Waals surface area contributed by atoms with Crippen LogP contribution in [0.3, 0.4) is 0 Å². The maximum absolute atomic E-state index is 12.1. The molecule has 0 bridgehead atoms. The monoisotopic (exact) mass is 317 g/mol. The van der Waals surface area contributed by atoms with Crippen molar-refractivity contribution in [3.63, 3.8) is 0 Å². The SMILES string of the molecule is COc1ccccc1NC(=O)Cn1c(C)ccc([N+](=O)[O-])c1=O. The number of benzene rings is 1. The van der Waals surface area contributed by atoms with E-state index < -0.39 is 22.1 Å². The van der Waals surface area contributed by atoms with Crippen molar-refractivity contribution < 1.29 is 14.5 Å². The highest BCUT2D eigenvalue weighted by atomic mass is 16.6. The third-order valence-corrected chi connectivity index (χ3v) is 3.25. The second-order valence-electron chi connectivity index (χ2n) is 4.76. The molecule has 0 saturated carbocycles. The highest BCUT2D eigenvalue weighted by molar-refractivity contribution is 5.92. The number of aromatic nitrogens is 1. The van der Waals surface area contributed by atoms with Crippen LogP contribution in [0.15, 0.2) is 41.2 Å². The lowest BCUT2D eigenvalue weighted by molar-refractivity contribution is -0.386. The maximum Gasteiger partial charge on any atom is 0.334 e. The number of carbonyl (C=O) groups excluding carboxylic acids is 1. The molecule has 0 aliphatic carbocycles. The number of para-hydroxylation sites is 2. The van der Waals surface area contributed by atoms with Crippen LogP contribution in [0, 0.1) is 17.0 Å². The smallest absolute Gasteiger partial charge is 0.334 e. The Morgan fingerprint density at radius 1 is 1.30 bits per heavy atom. The number of rotatable bonds is 5. The second kappa shape index (κ2) is 6.73. The lowest BCUT2D eigenvalue weighted by Crippen LogP contribution is -2.30. The molecule has 23 heavy (non-hydrogen) atoms. The van der Waals surface area contributed by atoms with E-state index in [1.807, 2.05) is 0 Å². The van der Waals surface area contributed by atoms with Crippen molar-refractivity contribution >= 4 is 17.3 Å². The number of anilines is 1. The fourth-order valence-electron chi connectivity index (χ4n) is 2.08. The predicted molar refractivity (Wildman–Crippen MR) is 83.7 cm³/mol. The standard InChI is InChI=1S/C15H15N3O5/c1-10-7-8-12(18(21)22)15(20)17(10)9-14(19)16-11-5-3-4-6-13(11)23-2/h3-8H,9H2,1-2H3,(H,16,19). The Balaban J connectivity index is 2.26. The van der Waals surface area contributed by atoms with Crippen LogP contribution in [0.4, 0.5) is 11.4 Å². The van der Waals surface area contributed by atoms with Gasteiger partial charge in [-0.05, 0) is 25.1 Å². The number of carbonyl (C=O) groups is 1. The van der Waals surface area contributed by atoms with E-state index in [2.05, 4.69) is 5.32 Å². The van der Waals surface area contributed by atoms with Crippen LogP contribution in [0.25, 0.3) is 0 Å². The molecular formula is C15H15N3O5. The molecule has 1 aromatic heterocycles. The van der Waals surface area contributed by atoms with Crippen LogP contribution < -0.4 is 15.6 Å². The second-order valence-corrected chi connectivity index (χ2v) is 4.76. The Morgan fingerprint density at radius 2 is 2.00 bits per heavy atom. The number of nitro groups is 1. The fourth-order valence-corrected chi connectivity index (χ4v) is 2.08. The molecule has 0 fully saturated rings. The number of hydrogen-bond acceptors (Lipinski definition) is 5. The minimum Gasteiger partial charge on any atom is -0.495 e. The van der Waals surface area contributed by atoms with E-state index in [9.17, 15) is 19.7 Å². The van der Waals surface area contributed by atoms with Gasteiger partial charge < -0.3 is 10.1 Å². The number of nitrogens with one attached hydrogen (secondary N) is 1. The van der Waals surface area contributed by atoms with Crippen LogP contribution >= 0.6 is 0 Å². The van der Waals surface area contributed by atoms with Gasteiger partial charge in [0.2, 0.25) is 5.91 Å². The van der Waals surface area contributed by atoms with Gasteiger partial charge in [0, 0.05) is 11.8 Å². The number of methoxy groups -OCH3 is 1. The summed E-state index contributed by atoms with van der Waals surface area (Å²) >= 11 is 0. The molecule has 2 aromatic rings. The highest BCUT2D eigenvalue weighted by Crippen LogP contribution is 2.22.